The van der Waals surface area contributed by atoms with Gasteiger partial charge in [0.25, 0.3) is 0 Å². The zero-order valence-corrected chi connectivity index (χ0v) is 43.6. The number of hydrogen-bond acceptors (Lipinski definition) is 13. The number of carbonyl (C=O) groups is 9. The normalized spacial score (nSPS) is 20.5. The van der Waals surface area contributed by atoms with Gasteiger partial charge >= 0.3 is 0 Å². The minimum atomic E-state index is -1.49. The van der Waals surface area contributed by atoms with Crippen molar-refractivity contribution in [3.63, 3.8) is 0 Å². The Kier molecular flexibility index (Phi) is 23.1. The molecule has 0 saturated carbocycles. The lowest BCUT2D eigenvalue weighted by atomic mass is 10.0. The van der Waals surface area contributed by atoms with Crippen LogP contribution in [0, 0.1) is 11.3 Å². The first kappa shape index (κ1) is 60.3. The molecule has 28 nitrogen and oxygen atoms in total. The molecular weight excluding hydrogens is 1020 g/mol. The van der Waals surface area contributed by atoms with Gasteiger partial charge in [-0.15, -0.1) is 0 Å². The lowest BCUT2D eigenvalue weighted by Gasteiger charge is -2.28. The third-order valence-corrected chi connectivity index (χ3v) is 12.7. The van der Waals surface area contributed by atoms with Crippen molar-refractivity contribution in [1.82, 2.24) is 57.5 Å². The molecule has 0 aliphatic carbocycles. The summed E-state index contributed by atoms with van der Waals surface area (Å²) >= 11 is 0. The van der Waals surface area contributed by atoms with Crippen molar-refractivity contribution in [2.24, 2.45) is 38.7 Å². The van der Waals surface area contributed by atoms with E-state index in [2.05, 4.69) is 67.5 Å². The summed E-state index contributed by atoms with van der Waals surface area (Å²) in [4.78, 5) is 143. The number of benzene rings is 2. The van der Waals surface area contributed by atoms with Gasteiger partial charge in [0.2, 0.25) is 53.2 Å². The van der Waals surface area contributed by atoms with E-state index in [1.165, 1.54) is 31.6 Å². The number of para-hydroxylation sites is 1. The van der Waals surface area contributed by atoms with Crippen LogP contribution in [0.4, 0.5) is 0 Å². The molecule has 1 fully saturated rings. The summed E-state index contributed by atoms with van der Waals surface area (Å²) < 4.78 is 0. The third-order valence-electron chi connectivity index (χ3n) is 12.7. The first-order valence-corrected chi connectivity index (χ1v) is 25.6. The number of guanidine groups is 2. The second-order valence-corrected chi connectivity index (χ2v) is 18.8. The molecule has 1 saturated heterocycles. The highest BCUT2D eigenvalue weighted by Crippen LogP contribution is 2.20. The molecule has 79 heavy (non-hydrogen) atoms. The van der Waals surface area contributed by atoms with E-state index in [4.69, 9.17) is 28.7 Å². The number of aromatic amines is 2. The number of hydrogen-bond donors (Lipinski definition) is 15. The van der Waals surface area contributed by atoms with Crippen LogP contribution < -0.4 is 71.2 Å². The van der Waals surface area contributed by atoms with Crippen molar-refractivity contribution in [2.75, 3.05) is 19.6 Å². The van der Waals surface area contributed by atoms with Crippen LogP contribution in [0.5, 0.6) is 0 Å². The summed E-state index contributed by atoms with van der Waals surface area (Å²) in [5.41, 5.74) is 30.3. The molecule has 20 N–H and O–H groups in total. The maximum Gasteiger partial charge on any atom is 0.243 e. The van der Waals surface area contributed by atoms with Crippen LogP contribution in [0.3, 0.4) is 0 Å². The Bertz CT molecular complexity index is 2870. The second kappa shape index (κ2) is 30.3. The van der Waals surface area contributed by atoms with Crippen molar-refractivity contribution >= 4 is 76.0 Å². The number of fused-ring (bicyclic) bond motifs is 1. The Labute approximate surface area is 454 Å². The number of H-pyrrole nitrogens is 2. The Morgan fingerprint density at radius 1 is 0.747 bits per heavy atom. The third kappa shape index (κ3) is 19.8. The maximum absolute atomic E-state index is 14.8. The van der Waals surface area contributed by atoms with Crippen molar-refractivity contribution in [3.8, 4) is 6.07 Å². The van der Waals surface area contributed by atoms with Crippen LogP contribution in [0.25, 0.3) is 10.9 Å². The van der Waals surface area contributed by atoms with Crippen LogP contribution in [0.1, 0.15) is 80.7 Å². The molecule has 3 heterocycles. The van der Waals surface area contributed by atoms with E-state index in [0.717, 1.165) is 10.9 Å². The van der Waals surface area contributed by atoms with Gasteiger partial charge in [-0.3, -0.25) is 53.1 Å². The highest BCUT2D eigenvalue weighted by atomic mass is 16.2. The van der Waals surface area contributed by atoms with Gasteiger partial charge < -0.3 is 81.2 Å². The molecule has 28 heteroatoms. The number of amides is 9. The molecule has 9 amide bonds. The fraction of sp³-hybridized carbons (Fsp3) is 0.431. The SMILES string of the molecule is CC(=O)N[C@H](CCCN=C(N)N)C(=O)N[C@H]1CCCNC(=O)CC[C@@H](C(N)=O)NC(=O)C(Cc2c[nH]c3ccccc23)NC(=O)[C@H](CCCN=C(N)N)NC(=O)[C@@H](Cc2ccc(C#N)cc2)NC(=O)[C@H](Cc2cnc[nH]2)NC1=O. The van der Waals surface area contributed by atoms with Gasteiger partial charge in [0.1, 0.15) is 42.3 Å². The number of rotatable bonds is 18. The largest absolute Gasteiger partial charge is 0.370 e. The molecule has 4 aromatic rings. The van der Waals surface area contributed by atoms with E-state index in [-0.39, 0.29) is 102 Å². The molecule has 1 aliphatic rings. The lowest BCUT2D eigenvalue weighted by molar-refractivity contribution is -0.135. The van der Waals surface area contributed by atoms with Crippen LogP contribution in [-0.4, -0.2) is 142 Å². The van der Waals surface area contributed by atoms with E-state index >= 15 is 0 Å². The first-order chi connectivity index (χ1) is 37.8. The molecular formula is C51H69N19O9. The predicted octanol–water partition coefficient (Wildman–Crippen LogP) is -3.51. The molecule has 0 radical (unpaired) electrons. The van der Waals surface area contributed by atoms with Gasteiger partial charge in [-0.25, -0.2) is 4.98 Å². The summed E-state index contributed by atoms with van der Waals surface area (Å²) in [7, 11) is 0. The number of nitrogens with zero attached hydrogens (tertiary/aromatic N) is 4. The van der Waals surface area contributed by atoms with E-state index in [1.807, 2.05) is 24.3 Å². The lowest BCUT2D eigenvalue weighted by Crippen LogP contribution is -2.60. The van der Waals surface area contributed by atoms with Crippen LogP contribution in [0.2, 0.25) is 0 Å². The van der Waals surface area contributed by atoms with Gasteiger partial charge in [-0.05, 0) is 74.3 Å². The fourth-order valence-electron chi connectivity index (χ4n) is 8.59. The van der Waals surface area contributed by atoms with Crippen molar-refractivity contribution < 1.29 is 43.2 Å². The predicted molar refractivity (Wildman–Crippen MR) is 289 cm³/mol. The van der Waals surface area contributed by atoms with Crippen LogP contribution >= 0.6 is 0 Å². The quantitative estimate of drug-likeness (QED) is 0.0261. The van der Waals surface area contributed by atoms with Crippen LogP contribution in [-0.2, 0) is 62.4 Å². The number of nitriles is 1. The standard InChI is InChI=1S/C51H69N19O9/c1-28(71)64-36(9-5-19-60-50(54)55)44(74)66-37-10-4-18-59-42(72)17-16-35(43(53)73)65-48(78)40(22-31-25-62-34-8-3-2-7-33(31)34)69-45(75)38(11-6-20-61-51(56)57)67-47(77)39(21-29-12-14-30(24-52)15-13-29)68-49(79)41(70-46(37)76)23-32-26-58-27-63-32/h2-3,7-8,12-15,25-27,35-41,62H,4-6,9-11,16-23H2,1H3,(H2,53,73)(H,58,63)(H,59,72)(H,64,71)(H,65,78)(H,66,74)(H,67,77)(H,68,79)(H,69,75)(H,70,76)(H4,54,55,60)(H4,56,57,61)/t35-,36+,37-,38-,39+,40?,41-/m0/s1. The maximum atomic E-state index is 14.8. The smallest absolute Gasteiger partial charge is 0.243 e. The van der Waals surface area contributed by atoms with Gasteiger partial charge in [0, 0.05) is 81.2 Å². The van der Waals surface area contributed by atoms with Gasteiger partial charge in [-0.1, -0.05) is 30.3 Å². The van der Waals surface area contributed by atoms with Crippen LogP contribution in [0.15, 0.2) is 77.2 Å². The molecule has 0 bridgehead atoms. The topological polar surface area (TPSA) is 473 Å². The zero-order chi connectivity index (χ0) is 57.4. The zero-order valence-electron chi connectivity index (χ0n) is 43.6. The Morgan fingerprint density at radius 3 is 2.01 bits per heavy atom. The molecule has 0 spiro atoms. The van der Waals surface area contributed by atoms with Crippen molar-refractivity contribution in [2.45, 2.75) is 120 Å². The summed E-state index contributed by atoms with van der Waals surface area (Å²) in [6.07, 6.45) is 3.51. The molecule has 1 unspecified atom stereocenters. The average molecular weight is 1090 g/mol. The Hall–Kier alpha value is -9.55. The molecule has 2 aromatic carbocycles. The second-order valence-electron chi connectivity index (χ2n) is 18.8. The average Bonchev–Trinajstić information content (AvgIpc) is 4.15. The summed E-state index contributed by atoms with van der Waals surface area (Å²) in [6.45, 7) is 1.28. The van der Waals surface area contributed by atoms with E-state index in [9.17, 15) is 48.4 Å². The van der Waals surface area contributed by atoms with Gasteiger partial charge in [0.15, 0.2) is 11.9 Å². The van der Waals surface area contributed by atoms with Gasteiger partial charge in [-0.2, -0.15) is 5.26 Å². The van der Waals surface area contributed by atoms with Crippen molar-refractivity contribution in [3.05, 3.63) is 89.6 Å². The number of nitrogens with one attached hydrogen (secondary N) is 10. The molecule has 422 valence electrons. The van der Waals surface area contributed by atoms with E-state index in [1.54, 1.807) is 24.4 Å². The minimum Gasteiger partial charge on any atom is -0.370 e. The monoisotopic (exact) mass is 1090 g/mol. The minimum absolute atomic E-state index is 0.0181. The summed E-state index contributed by atoms with van der Waals surface area (Å²) in [5.74, 6) is -7.63. The fourth-order valence-corrected chi connectivity index (χ4v) is 8.59. The molecule has 1 aliphatic heterocycles. The number of aromatic nitrogens is 3. The van der Waals surface area contributed by atoms with E-state index in [0.29, 0.717) is 22.4 Å². The Morgan fingerprint density at radius 2 is 1.37 bits per heavy atom. The molecule has 2 aromatic heterocycles. The highest BCUT2D eigenvalue weighted by Gasteiger charge is 2.35. The first-order valence-electron chi connectivity index (χ1n) is 25.6. The highest BCUT2D eigenvalue weighted by molar-refractivity contribution is 5.98. The van der Waals surface area contributed by atoms with E-state index < -0.39 is 95.5 Å². The summed E-state index contributed by atoms with van der Waals surface area (Å²) in [5, 5.41) is 31.7. The Balaban J connectivity index is 1.56. The molecule has 7 atom stereocenters. The number of nitrogens with two attached hydrogens (primary N) is 5. The number of primary amides is 1. The molecule has 5 rings (SSSR count). The van der Waals surface area contributed by atoms with Crippen molar-refractivity contribution in [1.29, 1.82) is 5.26 Å². The number of aliphatic imine (C=N–C) groups is 2. The summed E-state index contributed by atoms with van der Waals surface area (Å²) in [6, 6.07) is 5.64. The number of carbonyl (C=O) groups excluding carboxylic acids is 9. The van der Waals surface area contributed by atoms with Gasteiger partial charge in [0.05, 0.1) is 18.0 Å². The number of imidazole rings is 1.